The van der Waals surface area contributed by atoms with Crippen LogP contribution in [0.2, 0.25) is 0 Å². The van der Waals surface area contributed by atoms with Crippen molar-refractivity contribution in [3.05, 3.63) is 24.3 Å². The van der Waals surface area contributed by atoms with Crippen molar-refractivity contribution in [3.8, 4) is 0 Å². The Kier molecular flexibility index (Phi) is 7.71. The molecule has 0 nitrogen and oxygen atoms in total. The molecular weight excluding hydrogens is 468 g/mol. The van der Waals surface area contributed by atoms with Crippen LogP contribution in [0.25, 0.3) is 0 Å². The first kappa shape index (κ1) is 30.0. The molecule has 0 saturated heterocycles. The van der Waals surface area contributed by atoms with E-state index in [2.05, 4.69) is 95.2 Å². The highest BCUT2D eigenvalue weighted by molar-refractivity contribution is 5.27. The molecule has 222 valence electrons. The third-order valence-electron chi connectivity index (χ3n) is 15.4. The summed E-state index contributed by atoms with van der Waals surface area (Å²) < 4.78 is 0. The zero-order valence-electron chi connectivity index (χ0n) is 28.2. The van der Waals surface area contributed by atoms with Crippen molar-refractivity contribution >= 4 is 0 Å². The topological polar surface area (TPSA) is 0 Å². The average Bonchev–Trinajstić information content (AvgIpc) is 2.80. The summed E-state index contributed by atoms with van der Waals surface area (Å²) in [6.07, 6.45) is 13.5. The minimum atomic E-state index is 0.382. The lowest BCUT2D eigenvalue weighted by atomic mass is 9.32. The van der Waals surface area contributed by atoms with Crippen LogP contribution in [-0.2, 0) is 0 Å². The molecule has 15 atom stereocenters. The van der Waals surface area contributed by atoms with Crippen molar-refractivity contribution in [2.75, 3.05) is 0 Å². The van der Waals surface area contributed by atoms with Gasteiger partial charge in [-0.05, 0) is 138 Å². The second-order valence-electron chi connectivity index (χ2n) is 18.0. The van der Waals surface area contributed by atoms with E-state index in [0.717, 1.165) is 71.0 Å². The Morgan fingerprint density at radius 3 is 2.10 bits per heavy atom. The largest absolute Gasteiger partial charge is 0.0992 e. The molecule has 5 aliphatic rings. The summed E-state index contributed by atoms with van der Waals surface area (Å²) >= 11 is 0. The van der Waals surface area contributed by atoms with Crippen LogP contribution in [0.1, 0.15) is 122 Å². The molecule has 0 spiro atoms. The normalized spacial score (nSPS) is 55.8. The van der Waals surface area contributed by atoms with Crippen LogP contribution in [0.4, 0.5) is 0 Å². The van der Waals surface area contributed by atoms with Crippen LogP contribution in [-0.4, -0.2) is 0 Å². The predicted molar refractivity (Wildman–Crippen MR) is 170 cm³/mol. The maximum atomic E-state index is 5.19. The molecule has 4 saturated carbocycles. The van der Waals surface area contributed by atoms with E-state index in [1.54, 1.807) is 5.57 Å². The van der Waals surface area contributed by atoms with Crippen molar-refractivity contribution in [2.24, 2.45) is 99.1 Å². The van der Waals surface area contributed by atoms with E-state index in [0.29, 0.717) is 28.1 Å². The molecule has 5 aliphatic carbocycles. The Morgan fingerprint density at radius 2 is 1.51 bits per heavy atom. The molecule has 0 bridgehead atoms. The van der Waals surface area contributed by atoms with E-state index in [4.69, 9.17) is 6.58 Å². The molecule has 15 unspecified atom stereocenters. The Hall–Kier alpha value is -0.520. The van der Waals surface area contributed by atoms with Crippen LogP contribution in [0.3, 0.4) is 0 Å². The lowest BCUT2D eigenvalue weighted by Gasteiger charge is -2.72. The summed E-state index contributed by atoms with van der Waals surface area (Å²) in [5.74, 6) is 11.1. The summed E-state index contributed by atoms with van der Waals surface area (Å²) in [6, 6.07) is 0. The maximum Gasteiger partial charge on any atom is -0.0117 e. The summed E-state index contributed by atoms with van der Waals surface area (Å²) in [6.45, 7) is 36.6. The molecule has 39 heavy (non-hydrogen) atoms. The Morgan fingerprint density at radius 1 is 0.846 bits per heavy atom. The van der Waals surface area contributed by atoms with Crippen LogP contribution in [0, 0.1) is 99.1 Å². The zero-order valence-corrected chi connectivity index (χ0v) is 28.2. The lowest BCUT2D eigenvalue weighted by molar-refractivity contribution is -0.221. The minimum Gasteiger partial charge on any atom is -0.0992 e. The summed E-state index contributed by atoms with van der Waals surface area (Å²) in [7, 11) is 0. The maximum absolute atomic E-state index is 5.19. The fraction of sp³-hybridized carbons (Fsp3) is 0.897. The molecular formula is C39H66. The first-order valence-electron chi connectivity index (χ1n) is 17.4. The second kappa shape index (κ2) is 10.0. The summed E-state index contributed by atoms with van der Waals surface area (Å²) in [5, 5.41) is 0. The van der Waals surface area contributed by atoms with E-state index >= 15 is 0 Å². The molecule has 0 aromatic heterocycles. The number of hydrogen-bond donors (Lipinski definition) is 0. The van der Waals surface area contributed by atoms with Gasteiger partial charge in [-0.15, -0.1) is 0 Å². The highest BCUT2D eigenvalue weighted by Gasteiger charge is 2.68. The average molecular weight is 535 g/mol. The molecule has 0 aromatic carbocycles. The van der Waals surface area contributed by atoms with E-state index < -0.39 is 0 Å². The van der Waals surface area contributed by atoms with Crippen molar-refractivity contribution < 1.29 is 0 Å². The highest BCUT2D eigenvalue weighted by atomic mass is 14.7. The van der Waals surface area contributed by atoms with Crippen molar-refractivity contribution in [3.63, 3.8) is 0 Å². The summed E-state index contributed by atoms with van der Waals surface area (Å²) in [4.78, 5) is 0. The van der Waals surface area contributed by atoms with Crippen LogP contribution in [0.15, 0.2) is 24.3 Å². The minimum absolute atomic E-state index is 0.382. The van der Waals surface area contributed by atoms with Gasteiger partial charge in [0, 0.05) is 0 Å². The van der Waals surface area contributed by atoms with Gasteiger partial charge in [-0.25, -0.2) is 0 Å². The second-order valence-corrected chi connectivity index (χ2v) is 18.0. The van der Waals surface area contributed by atoms with Crippen LogP contribution >= 0.6 is 0 Å². The monoisotopic (exact) mass is 535 g/mol. The molecule has 0 amide bonds. The fourth-order valence-electron chi connectivity index (χ4n) is 14.0. The quantitative estimate of drug-likeness (QED) is 0.316. The van der Waals surface area contributed by atoms with Gasteiger partial charge in [0.15, 0.2) is 0 Å². The van der Waals surface area contributed by atoms with Gasteiger partial charge in [-0.1, -0.05) is 107 Å². The first-order valence-corrected chi connectivity index (χ1v) is 17.4. The molecule has 0 aliphatic heterocycles. The van der Waals surface area contributed by atoms with Gasteiger partial charge in [0.2, 0.25) is 0 Å². The predicted octanol–water partition coefficient (Wildman–Crippen LogP) is 11.3. The van der Waals surface area contributed by atoms with Gasteiger partial charge in [0.05, 0.1) is 0 Å². The molecule has 4 fully saturated rings. The standard InChI is InChI=1S/C39H66/c1-22(2)31-18-32(30-16-14-15-24(5)17-30)26(7)35-27(8)36-29(10)39(13)28(9)34(23(3)4)25(6)19-38(39,12)21-37(36,11)20-33(31)35/h14-15,22-26,28-36H,8,16-21H2,1-7,9-13H3. The highest BCUT2D eigenvalue weighted by Crippen LogP contribution is 2.75. The van der Waals surface area contributed by atoms with Crippen LogP contribution in [0.5, 0.6) is 0 Å². The lowest BCUT2D eigenvalue weighted by Crippen LogP contribution is -2.66. The number of fused-ring (bicyclic) bond motifs is 3. The number of rotatable bonds is 3. The molecule has 0 N–H and O–H groups in total. The molecule has 0 radical (unpaired) electrons. The fourth-order valence-corrected chi connectivity index (χ4v) is 14.0. The third-order valence-corrected chi connectivity index (χ3v) is 15.4. The van der Waals surface area contributed by atoms with Gasteiger partial charge < -0.3 is 0 Å². The zero-order chi connectivity index (χ0) is 28.8. The first-order chi connectivity index (χ1) is 18.1. The van der Waals surface area contributed by atoms with Gasteiger partial charge in [0.25, 0.3) is 0 Å². The SMILES string of the molecule is C=C1C2C(C)C(C3CC=CC(C)C3)CC(C(C)C)C2CC2(C)CC3(C)CC(C)C(C(C)C)C(C)C3(C)C(C)C12. The Bertz CT molecular complexity index is 953. The number of hydrogen-bond acceptors (Lipinski definition) is 0. The van der Waals surface area contributed by atoms with E-state index in [9.17, 15) is 0 Å². The van der Waals surface area contributed by atoms with Crippen molar-refractivity contribution in [2.45, 2.75) is 122 Å². The smallest absolute Gasteiger partial charge is 0.0117 e. The van der Waals surface area contributed by atoms with E-state index in [1.165, 1.54) is 38.5 Å². The molecule has 0 heteroatoms. The Balaban J connectivity index is 1.54. The number of allylic oxidation sites excluding steroid dienone is 3. The summed E-state index contributed by atoms with van der Waals surface area (Å²) in [5.41, 5.74) is 2.92. The Labute approximate surface area is 244 Å². The van der Waals surface area contributed by atoms with Gasteiger partial charge in [0.1, 0.15) is 0 Å². The molecule has 0 aromatic rings. The van der Waals surface area contributed by atoms with Gasteiger partial charge >= 0.3 is 0 Å². The van der Waals surface area contributed by atoms with Crippen molar-refractivity contribution in [1.82, 2.24) is 0 Å². The van der Waals surface area contributed by atoms with Gasteiger partial charge in [-0.3, -0.25) is 0 Å². The molecule has 0 heterocycles. The van der Waals surface area contributed by atoms with E-state index in [1.807, 2.05) is 0 Å². The van der Waals surface area contributed by atoms with Crippen molar-refractivity contribution in [1.29, 1.82) is 0 Å². The van der Waals surface area contributed by atoms with Crippen LogP contribution < -0.4 is 0 Å². The molecule has 5 rings (SSSR count). The third kappa shape index (κ3) is 4.32. The van der Waals surface area contributed by atoms with E-state index in [-0.39, 0.29) is 0 Å². The van der Waals surface area contributed by atoms with Gasteiger partial charge in [-0.2, -0.15) is 0 Å².